The Hall–Kier alpha value is -2.12. The van der Waals surface area contributed by atoms with E-state index in [0.29, 0.717) is 30.9 Å². The standard InChI is InChI=1S/C16H24N4O3/c1-10(2)19-16(23)20-13-5-3-11(4-6-13)15(22)18-8-12-7-17-9-14(12)21/h3-6,10,12,14,17,21H,7-9H2,1-2H3,(H,18,22)(H2,19,20,23). The van der Waals surface area contributed by atoms with E-state index in [9.17, 15) is 14.7 Å². The van der Waals surface area contributed by atoms with Crippen LogP contribution in [0.5, 0.6) is 0 Å². The molecule has 2 rings (SSSR count). The van der Waals surface area contributed by atoms with Crippen molar-refractivity contribution in [1.29, 1.82) is 0 Å². The highest BCUT2D eigenvalue weighted by Crippen LogP contribution is 2.11. The molecular formula is C16H24N4O3. The number of β-amino-alcohol motifs (C(OH)–C–C–N with tert-alkyl or cyclic N) is 1. The summed E-state index contributed by atoms with van der Waals surface area (Å²) in [5, 5.41) is 21.0. The molecule has 23 heavy (non-hydrogen) atoms. The fourth-order valence-electron chi connectivity index (χ4n) is 2.39. The van der Waals surface area contributed by atoms with Crippen molar-refractivity contribution in [2.75, 3.05) is 25.0 Å². The summed E-state index contributed by atoms with van der Waals surface area (Å²) in [7, 11) is 0. The van der Waals surface area contributed by atoms with Gasteiger partial charge in [-0.3, -0.25) is 4.79 Å². The highest BCUT2D eigenvalue weighted by atomic mass is 16.3. The Morgan fingerprint density at radius 3 is 2.52 bits per heavy atom. The van der Waals surface area contributed by atoms with Crippen molar-refractivity contribution in [3.63, 3.8) is 0 Å². The summed E-state index contributed by atoms with van der Waals surface area (Å²) in [5.41, 5.74) is 1.13. The largest absolute Gasteiger partial charge is 0.391 e. The van der Waals surface area contributed by atoms with Crippen molar-refractivity contribution in [2.45, 2.75) is 26.0 Å². The SMILES string of the molecule is CC(C)NC(=O)Nc1ccc(C(=O)NCC2CNCC2O)cc1. The summed E-state index contributed by atoms with van der Waals surface area (Å²) in [6.45, 7) is 5.46. The number of urea groups is 1. The Bertz CT molecular complexity index is 545. The summed E-state index contributed by atoms with van der Waals surface area (Å²) in [5.74, 6) is -0.151. The fraction of sp³-hybridized carbons (Fsp3) is 0.500. The molecule has 3 amide bonds. The number of carbonyl (C=O) groups is 2. The number of amides is 3. The second-order valence-corrected chi connectivity index (χ2v) is 6.03. The number of benzene rings is 1. The molecule has 1 aromatic carbocycles. The Morgan fingerprint density at radius 1 is 1.26 bits per heavy atom. The Kier molecular flexibility index (Phi) is 5.95. The van der Waals surface area contributed by atoms with E-state index < -0.39 is 6.10 Å². The van der Waals surface area contributed by atoms with Crippen LogP contribution in [0.3, 0.4) is 0 Å². The first kappa shape index (κ1) is 17.2. The molecule has 0 saturated carbocycles. The van der Waals surface area contributed by atoms with Crippen LogP contribution < -0.4 is 21.3 Å². The normalized spacial score (nSPS) is 20.3. The molecular weight excluding hydrogens is 296 g/mol. The first-order chi connectivity index (χ1) is 11.0. The maximum absolute atomic E-state index is 12.1. The van der Waals surface area contributed by atoms with Crippen molar-refractivity contribution < 1.29 is 14.7 Å². The minimum absolute atomic E-state index is 0.0413. The molecule has 0 aliphatic carbocycles. The van der Waals surface area contributed by atoms with Crippen LogP contribution in [0.4, 0.5) is 10.5 Å². The van der Waals surface area contributed by atoms with Gasteiger partial charge in [-0.2, -0.15) is 0 Å². The molecule has 1 heterocycles. The van der Waals surface area contributed by atoms with Gasteiger partial charge in [0.25, 0.3) is 5.91 Å². The van der Waals surface area contributed by atoms with Gasteiger partial charge in [0.05, 0.1) is 6.10 Å². The average molecular weight is 320 g/mol. The summed E-state index contributed by atoms with van der Waals surface area (Å²) in [4.78, 5) is 23.7. The predicted octanol–water partition coefficient (Wildman–Crippen LogP) is 0.527. The van der Waals surface area contributed by atoms with Crippen molar-refractivity contribution in [1.82, 2.24) is 16.0 Å². The lowest BCUT2D eigenvalue weighted by molar-refractivity contribution is 0.0927. The van der Waals surface area contributed by atoms with Gasteiger partial charge in [0.1, 0.15) is 0 Å². The maximum Gasteiger partial charge on any atom is 0.319 e. The first-order valence-corrected chi connectivity index (χ1v) is 7.80. The van der Waals surface area contributed by atoms with Gasteiger partial charge in [-0.1, -0.05) is 0 Å². The lowest BCUT2D eigenvalue weighted by atomic mass is 10.1. The molecule has 0 spiro atoms. The second kappa shape index (κ2) is 7.94. The zero-order valence-electron chi connectivity index (χ0n) is 13.4. The van der Waals surface area contributed by atoms with E-state index in [1.807, 2.05) is 13.8 Å². The van der Waals surface area contributed by atoms with Crippen molar-refractivity contribution in [2.24, 2.45) is 5.92 Å². The molecule has 2 unspecified atom stereocenters. The van der Waals surface area contributed by atoms with Gasteiger partial charge < -0.3 is 26.4 Å². The summed E-state index contributed by atoms with van der Waals surface area (Å²) in [6.07, 6.45) is -0.415. The van der Waals surface area contributed by atoms with Crippen LogP contribution in [-0.2, 0) is 0 Å². The number of hydrogen-bond acceptors (Lipinski definition) is 4. The summed E-state index contributed by atoms with van der Waals surface area (Å²) < 4.78 is 0. The van der Waals surface area contributed by atoms with Crippen LogP contribution >= 0.6 is 0 Å². The monoisotopic (exact) mass is 320 g/mol. The van der Waals surface area contributed by atoms with Gasteiger partial charge in [0.15, 0.2) is 0 Å². The quantitative estimate of drug-likeness (QED) is 0.546. The van der Waals surface area contributed by atoms with Crippen LogP contribution in [-0.4, -0.2) is 48.8 Å². The Labute approximate surface area is 135 Å². The number of carbonyl (C=O) groups excluding carboxylic acids is 2. The molecule has 1 fully saturated rings. The Morgan fingerprint density at radius 2 is 1.96 bits per heavy atom. The van der Waals surface area contributed by atoms with Crippen LogP contribution in [0, 0.1) is 5.92 Å². The summed E-state index contributed by atoms with van der Waals surface area (Å²) >= 11 is 0. The van der Waals surface area contributed by atoms with E-state index in [1.165, 1.54) is 0 Å². The summed E-state index contributed by atoms with van der Waals surface area (Å²) in [6, 6.07) is 6.45. The van der Waals surface area contributed by atoms with Crippen LogP contribution in [0.15, 0.2) is 24.3 Å². The third-order valence-corrected chi connectivity index (χ3v) is 3.65. The van der Waals surface area contributed by atoms with Gasteiger partial charge in [-0.05, 0) is 38.1 Å². The van der Waals surface area contributed by atoms with Crippen LogP contribution in [0.1, 0.15) is 24.2 Å². The van der Waals surface area contributed by atoms with E-state index in [2.05, 4.69) is 21.3 Å². The van der Waals surface area contributed by atoms with Gasteiger partial charge in [-0.25, -0.2) is 4.79 Å². The topological polar surface area (TPSA) is 102 Å². The zero-order chi connectivity index (χ0) is 16.8. The van der Waals surface area contributed by atoms with E-state index in [1.54, 1.807) is 24.3 Å². The fourth-order valence-corrected chi connectivity index (χ4v) is 2.39. The third kappa shape index (κ3) is 5.22. The molecule has 1 aromatic rings. The molecule has 2 atom stereocenters. The maximum atomic E-state index is 12.1. The number of aliphatic hydroxyl groups is 1. The molecule has 7 nitrogen and oxygen atoms in total. The van der Waals surface area contributed by atoms with Crippen LogP contribution in [0.25, 0.3) is 0 Å². The smallest absolute Gasteiger partial charge is 0.319 e. The molecule has 1 aliphatic rings. The average Bonchev–Trinajstić information content (AvgIpc) is 2.90. The molecule has 5 N–H and O–H groups in total. The van der Waals surface area contributed by atoms with Crippen molar-refractivity contribution >= 4 is 17.6 Å². The zero-order valence-corrected chi connectivity index (χ0v) is 13.4. The second-order valence-electron chi connectivity index (χ2n) is 6.03. The van der Waals surface area contributed by atoms with Gasteiger partial charge >= 0.3 is 6.03 Å². The van der Waals surface area contributed by atoms with Gasteiger partial charge in [-0.15, -0.1) is 0 Å². The predicted molar refractivity (Wildman–Crippen MR) is 88.4 cm³/mol. The highest BCUT2D eigenvalue weighted by Gasteiger charge is 2.25. The molecule has 1 saturated heterocycles. The minimum Gasteiger partial charge on any atom is -0.391 e. The van der Waals surface area contributed by atoms with E-state index in [4.69, 9.17) is 0 Å². The molecule has 7 heteroatoms. The molecule has 0 aromatic heterocycles. The number of hydrogen-bond donors (Lipinski definition) is 5. The molecule has 126 valence electrons. The number of aliphatic hydroxyl groups excluding tert-OH is 1. The van der Waals surface area contributed by atoms with E-state index in [-0.39, 0.29) is 23.9 Å². The number of nitrogens with one attached hydrogen (secondary N) is 4. The Balaban J connectivity index is 1.83. The molecule has 1 aliphatic heterocycles. The molecule has 0 bridgehead atoms. The third-order valence-electron chi connectivity index (χ3n) is 3.65. The van der Waals surface area contributed by atoms with Gasteiger partial charge in [0.2, 0.25) is 0 Å². The lowest BCUT2D eigenvalue weighted by Gasteiger charge is -2.14. The van der Waals surface area contributed by atoms with Crippen molar-refractivity contribution in [3.05, 3.63) is 29.8 Å². The molecule has 0 radical (unpaired) electrons. The van der Waals surface area contributed by atoms with Crippen LogP contribution in [0.2, 0.25) is 0 Å². The van der Waals surface area contributed by atoms with Gasteiger partial charge in [0, 0.05) is 42.8 Å². The van der Waals surface area contributed by atoms with E-state index in [0.717, 1.165) is 0 Å². The number of rotatable bonds is 5. The van der Waals surface area contributed by atoms with Crippen molar-refractivity contribution in [3.8, 4) is 0 Å². The first-order valence-electron chi connectivity index (χ1n) is 7.80. The highest BCUT2D eigenvalue weighted by molar-refractivity contribution is 5.95. The number of anilines is 1. The van der Waals surface area contributed by atoms with E-state index >= 15 is 0 Å². The lowest BCUT2D eigenvalue weighted by Crippen LogP contribution is -2.34. The minimum atomic E-state index is -0.415.